The highest BCUT2D eigenvalue weighted by Crippen LogP contribution is 2.57. The van der Waals surface area contributed by atoms with Crippen molar-refractivity contribution in [3.8, 4) is 0 Å². The van der Waals surface area contributed by atoms with Crippen LogP contribution in [0.3, 0.4) is 0 Å². The summed E-state index contributed by atoms with van der Waals surface area (Å²) >= 11 is 7.57. The van der Waals surface area contributed by atoms with E-state index >= 15 is 0 Å². The molecule has 22 heteroatoms. The summed E-state index contributed by atoms with van der Waals surface area (Å²) in [6.07, 6.45) is 24.2. The molecule has 84 heavy (non-hydrogen) atoms. The van der Waals surface area contributed by atoms with Crippen molar-refractivity contribution in [2.45, 2.75) is 127 Å². The van der Waals surface area contributed by atoms with Gasteiger partial charge >= 0.3 is 0 Å². The molecule has 6 aliphatic rings. The highest BCUT2D eigenvalue weighted by Gasteiger charge is 2.50. The number of hydrogen-bond acceptors (Lipinski definition) is 14. The van der Waals surface area contributed by atoms with E-state index in [4.69, 9.17) is 37.3 Å². The summed E-state index contributed by atoms with van der Waals surface area (Å²) in [5.41, 5.74) is 15.8. The summed E-state index contributed by atoms with van der Waals surface area (Å²) in [5, 5.41) is 23.9. The van der Waals surface area contributed by atoms with Crippen LogP contribution in [0.1, 0.15) is 125 Å². The summed E-state index contributed by atoms with van der Waals surface area (Å²) in [7, 11) is -5.67. The molecule has 2 aliphatic carbocycles. The molecule has 0 radical (unpaired) electrons. The van der Waals surface area contributed by atoms with E-state index in [0.717, 1.165) is 82.8 Å². The van der Waals surface area contributed by atoms with Gasteiger partial charge in [0, 0.05) is 127 Å². The molecule has 2 saturated carbocycles. The van der Waals surface area contributed by atoms with Crippen molar-refractivity contribution in [3.63, 3.8) is 0 Å². The minimum absolute atomic E-state index is 0.157. The van der Waals surface area contributed by atoms with Gasteiger partial charge in [0.2, 0.25) is 11.4 Å². The van der Waals surface area contributed by atoms with Crippen LogP contribution in [-0.2, 0) is 34.7 Å². The molecule has 0 saturated heterocycles. The molecular formula is C62H64Br2Cl2N6O12. The minimum Gasteiger partial charge on any atom is -0.347 e. The monoisotopic (exact) mass is 1310 g/mol. The third-order valence-electron chi connectivity index (χ3n) is 17.7. The van der Waals surface area contributed by atoms with Gasteiger partial charge in [0.15, 0.2) is 24.5 Å². The molecule has 11 rings (SSSR count). The van der Waals surface area contributed by atoms with Crippen LogP contribution in [0, 0.1) is 40.7 Å². The van der Waals surface area contributed by atoms with E-state index in [9.17, 15) is 20.2 Å². The third kappa shape index (κ3) is 12.6. The van der Waals surface area contributed by atoms with Crippen LogP contribution < -0.4 is 47.1 Å². The Morgan fingerprint density at radius 2 is 0.833 bits per heavy atom. The molecule has 2 spiro atoms. The lowest BCUT2D eigenvalue weighted by Gasteiger charge is -2.36. The predicted molar refractivity (Wildman–Crippen MR) is 305 cm³/mol. The average Bonchev–Trinajstić information content (AvgIpc) is 1.82. The Kier molecular flexibility index (Phi) is 17.9. The molecule has 2 fully saturated rings. The van der Waals surface area contributed by atoms with Gasteiger partial charge < -0.3 is 9.80 Å². The number of fused-ring (bicyclic) bond motifs is 6. The maximum absolute atomic E-state index is 12.0. The zero-order valence-electron chi connectivity index (χ0n) is 47.3. The zero-order valence-corrected chi connectivity index (χ0v) is 52.0. The number of anilines is 2. The van der Waals surface area contributed by atoms with Gasteiger partial charge in [0.05, 0.1) is 20.7 Å². The second-order valence-corrected chi connectivity index (χ2v) is 26.6. The summed E-state index contributed by atoms with van der Waals surface area (Å²) in [5.74, 6) is 0. The van der Waals surface area contributed by atoms with Crippen LogP contribution >= 0.6 is 31.9 Å². The number of nitro groups is 2. The number of non-ortho nitro benzene ring substituents is 2. The standard InChI is InChI=1S/C62H64Br2N6O4.2ClHO4/c1-59(2)47-35-43(63)23-27-53(47)67(55(59)15-13-17-57-61(31-9-7-10-32-61)49-37-45(69(71)72)25-29-51(49)65(57)5)39-41-19-21-42(22-20-41)40-68-54-28-24-44(64)36-48(54)60(3,4)56(68)16-14-18-58-62(33-11-8-12-34-62)50-38-46(70(73)74)26-30-52(50)66(58)6;2*2-1(3,4)5/h13-30,35-38H,7-12,31-34,39-40H2,1-6H3;2*(H,2,3,4,5)/q+2;;/p-2. The van der Waals surface area contributed by atoms with Crippen molar-refractivity contribution >= 4 is 77.4 Å². The first-order valence-corrected chi connectivity index (χ1v) is 31.5. The lowest BCUT2D eigenvalue weighted by atomic mass is 9.68. The molecule has 0 aromatic heterocycles. The summed E-state index contributed by atoms with van der Waals surface area (Å²) in [6, 6.07) is 33.2. The largest absolute Gasteiger partial charge is 0.347 e. The molecule has 0 N–H and O–H groups in total. The molecule has 5 aromatic rings. The Morgan fingerprint density at radius 1 is 0.500 bits per heavy atom. The van der Waals surface area contributed by atoms with Crippen LogP contribution in [0.25, 0.3) is 0 Å². The number of likely N-dealkylation sites (N-methyl/N-ethyl adjacent to an activating group) is 2. The first-order valence-electron chi connectivity index (χ1n) is 27.5. The molecular weight excluding hydrogens is 1250 g/mol. The van der Waals surface area contributed by atoms with Crippen molar-refractivity contribution in [1.29, 1.82) is 0 Å². The molecule has 0 unspecified atom stereocenters. The first kappa shape index (κ1) is 62.5. The van der Waals surface area contributed by atoms with E-state index in [1.165, 1.54) is 69.3 Å². The number of nitrogens with zero attached hydrogens (tertiary/aromatic N) is 6. The van der Waals surface area contributed by atoms with Crippen LogP contribution in [0.4, 0.5) is 34.1 Å². The third-order valence-corrected chi connectivity index (χ3v) is 18.7. The van der Waals surface area contributed by atoms with Crippen LogP contribution in [0.15, 0.2) is 154 Å². The Labute approximate surface area is 509 Å². The molecule has 5 aromatic carbocycles. The van der Waals surface area contributed by atoms with Crippen molar-refractivity contribution in [2.24, 2.45) is 0 Å². The molecule has 0 amide bonds. The number of halogens is 4. The number of allylic oxidation sites excluding steroid dienone is 8. The van der Waals surface area contributed by atoms with E-state index < -0.39 is 20.5 Å². The minimum atomic E-state index is -4.94. The maximum atomic E-state index is 12.0. The highest BCUT2D eigenvalue weighted by atomic mass is 79.9. The number of hydrogen-bond donors (Lipinski definition) is 0. The Balaban J connectivity index is 0.000000782. The normalized spacial score (nSPS) is 19.9. The van der Waals surface area contributed by atoms with Gasteiger partial charge in [-0.1, -0.05) is 107 Å². The number of benzene rings is 5. The second-order valence-electron chi connectivity index (χ2n) is 23.2. The molecule has 0 atom stereocenters. The summed E-state index contributed by atoms with van der Waals surface area (Å²) in [6.45, 7) is 10.6. The molecule has 442 valence electrons. The lowest BCUT2D eigenvalue weighted by Crippen LogP contribution is -2.68. The van der Waals surface area contributed by atoms with Crippen LogP contribution in [0.5, 0.6) is 0 Å². The maximum Gasteiger partial charge on any atom is 0.269 e. The summed E-state index contributed by atoms with van der Waals surface area (Å²) < 4.78 is 75.0. The van der Waals surface area contributed by atoms with Crippen LogP contribution in [-0.4, -0.2) is 44.5 Å². The predicted octanol–water partition coefficient (Wildman–Crippen LogP) is 6.25. The van der Waals surface area contributed by atoms with Gasteiger partial charge in [-0.3, -0.25) is 20.2 Å². The molecule has 4 heterocycles. The Hall–Kier alpha value is -5.98. The smallest absolute Gasteiger partial charge is 0.269 e. The van der Waals surface area contributed by atoms with Gasteiger partial charge in [-0.15, -0.1) is 20.5 Å². The van der Waals surface area contributed by atoms with Crippen molar-refractivity contribution in [2.75, 3.05) is 23.9 Å². The Morgan fingerprint density at radius 3 is 1.15 bits per heavy atom. The lowest BCUT2D eigenvalue weighted by molar-refractivity contribution is -2.00. The van der Waals surface area contributed by atoms with Gasteiger partial charge in [0.25, 0.3) is 11.4 Å². The van der Waals surface area contributed by atoms with Crippen molar-refractivity contribution < 1.29 is 76.8 Å². The van der Waals surface area contributed by atoms with E-state index in [2.05, 4.69) is 190 Å². The highest BCUT2D eigenvalue weighted by molar-refractivity contribution is 9.10. The van der Waals surface area contributed by atoms with E-state index in [0.29, 0.717) is 13.1 Å². The number of nitro benzene ring substituents is 2. The van der Waals surface area contributed by atoms with Gasteiger partial charge in [0.1, 0.15) is 0 Å². The quantitative estimate of drug-likeness (QED) is 0.0849. The average molecular weight is 1320 g/mol. The second kappa shape index (κ2) is 24.1. The van der Waals surface area contributed by atoms with Gasteiger partial charge in [-0.2, -0.15) is 9.15 Å². The van der Waals surface area contributed by atoms with Gasteiger partial charge in [-0.05, 0) is 113 Å². The van der Waals surface area contributed by atoms with Crippen LogP contribution in [0.2, 0.25) is 0 Å². The number of rotatable bonds is 10. The molecule has 4 aliphatic heterocycles. The van der Waals surface area contributed by atoms with Gasteiger partial charge in [-0.25, -0.2) is 37.3 Å². The van der Waals surface area contributed by atoms with E-state index in [-0.39, 0.29) is 42.9 Å². The first-order chi connectivity index (χ1) is 39.4. The summed E-state index contributed by atoms with van der Waals surface area (Å²) in [4.78, 5) is 27.9. The van der Waals surface area contributed by atoms with E-state index in [1.807, 2.05) is 24.3 Å². The SMILES string of the molecule is CN1/C(=C/C=C/C2=[N+](Cc3ccc(C[N+]4=C(/C=C/C=C5/N(C)c6ccc([N+](=O)[O-])cc6C56CCCCC6)C(C)(C)c5cc(Br)ccc54)cc3)c3ccc(Br)cc3C2(C)C)C2(CCCCC2)c2cc([N+](=O)[O-])ccc21.[O-][Cl+3]([O-])([O-])[O-].[O-][Cl+3]([O-])([O-])[O-]. The topological polar surface area (TPSA) is 283 Å². The zero-order chi connectivity index (χ0) is 60.9. The fraction of sp³-hybridized carbons (Fsp3) is 0.355. The fourth-order valence-electron chi connectivity index (χ4n) is 13.9. The molecule has 0 bridgehead atoms. The fourth-order valence-corrected chi connectivity index (χ4v) is 14.6. The Bertz CT molecular complexity index is 3360. The molecule has 18 nitrogen and oxygen atoms in total. The van der Waals surface area contributed by atoms with Crippen molar-refractivity contribution in [3.05, 3.63) is 207 Å². The van der Waals surface area contributed by atoms with E-state index in [1.54, 1.807) is 12.1 Å². The van der Waals surface area contributed by atoms with Crippen molar-refractivity contribution in [1.82, 2.24) is 0 Å².